The summed E-state index contributed by atoms with van der Waals surface area (Å²) in [4.78, 5) is 4.55. The van der Waals surface area contributed by atoms with Crippen LogP contribution in [0.2, 0.25) is 0 Å². The molecule has 0 aliphatic carbocycles. The van der Waals surface area contributed by atoms with Gasteiger partial charge in [-0.2, -0.15) is 0 Å². The van der Waals surface area contributed by atoms with Gasteiger partial charge in [0.05, 0.1) is 18.3 Å². The molecule has 2 N–H and O–H groups in total. The number of hydrogen-bond acceptors (Lipinski definition) is 4. The van der Waals surface area contributed by atoms with Crippen molar-refractivity contribution in [3.05, 3.63) is 16.1 Å². The molecule has 0 aromatic carbocycles. The van der Waals surface area contributed by atoms with Crippen molar-refractivity contribution in [3.8, 4) is 0 Å². The van der Waals surface area contributed by atoms with Gasteiger partial charge in [0.2, 0.25) is 0 Å². The molecule has 1 aromatic heterocycles. The molecule has 0 bridgehead atoms. The van der Waals surface area contributed by atoms with Gasteiger partial charge in [-0.05, 0) is 19.8 Å². The molecule has 86 valence electrons. The van der Waals surface area contributed by atoms with E-state index in [-0.39, 0.29) is 18.4 Å². The number of aromatic nitrogens is 1. The summed E-state index contributed by atoms with van der Waals surface area (Å²) in [6.07, 6.45) is 2.35. The Labute approximate surface area is 100 Å². The lowest BCUT2D eigenvalue weighted by Gasteiger charge is -2.20. The van der Waals surface area contributed by atoms with Gasteiger partial charge in [0, 0.05) is 17.9 Å². The minimum absolute atomic E-state index is 0. The molecule has 2 unspecified atom stereocenters. The number of thiazole rings is 1. The predicted octanol–water partition coefficient (Wildman–Crippen LogP) is 2.48. The van der Waals surface area contributed by atoms with Crippen LogP contribution in [0.3, 0.4) is 0 Å². The number of rotatable bonds is 2. The lowest BCUT2D eigenvalue weighted by atomic mass is 10.00. The van der Waals surface area contributed by atoms with E-state index in [0.717, 1.165) is 24.6 Å². The van der Waals surface area contributed by atoms with E-state index in [1.54, 1.807) is 11.3 Å². The number of halogens is 1. The van der Waals surface area contributed by atoms with Gasteiger partial charge in [-0.15, -0.1) is 23.7 Å². The molecule has 1 fully saturated rings. The molecule has 1 aliphatic heterocycles. The normalized spacial score (nSPS) is 23.2. The maximum atomic E-state index is 5.77. The summed E-state index contributed by atoms with van der Waals surface area (Å²) in [5.41, 5.74) is 6.94. The maximum Gasteiger partial charge on any atom is 0.109 e. The van der Waals surface area contributed by atoms with Crippen LogP contribution in [0.25, 0.3) is 0 Å². The van der Waals surface area contributed by atoms with Gasteiger partial charge >= 0.3 is 0 Å². The van der Waals surface area contributed by atoms with E-state index in [2.05, 4.69) is 10.4 Å². The molecule has 0 amide bonds. The second-order valence-corrected chi connectivity index (χ2v) is 4.70. The fourth-order valence-corrected chi connectivity index (χ4v) is 2.53. The van der Waals surface area contributed by atoms with Crippen LogP contribution in [0.5, 0.6) is 0 Å². The quantitative estimate of drug-likeness (QED) is 0.875. The zero-order chi connectivity index (χ0) is 9.97. The third-order valence-corrected chi connectivity index (χ3v) is 3.57. The molecule has 2 atom stereocenters. The molecule has 2 rings (SSSR count). The number of hydrogen-bond donors (Lipinski definition) is 1. The fraction of sp³-hybridized carbons (Fsp3) is 0.700. The molecule has 0 spiro atoms. The summed E-state index contributed by atoms with van der Waals surface area (Å²) >= 11 is 1.66. The van der Waals surface area contributed by atoms with Crippen molar-refractivity contribution in [3.63, 3.8) is 0 Å². The van der Waals surface area contributed by atoms with Crippen LogP contribution in [0, 0.1) is 0 Å². The Morgan fingerprint density at radius 2 is 2.47 bits per heavy atom. The highest BCUT2D eigenvalue weighted by Crippen LogP contribution is 2.27. The van der Waals surface area contributed by atoms with Gasteiger partial charge in [0.25, 0.3) is 0 Å². The summed E-state index contributed by atoms with van der Waals surface area (Å²) in [5, 5.41) is 3.16. The lowest BCUT2D eigenvalue weighted by Crippen LogP contribution is -2.16. The Hall–Kier alpha value is -0.160. The second kappa shape index (κ2) is 5.80. The number of nitrogens with zero attached hydrogens (tertiary/aromatic N) is 1. The zero-order valence-electron chi connectivity index (χ0n) is 8.81. The second-order valence-electron chi connectivity index (χ2n) is 3.81. The summed E-state index contributed by atoms with van der Waals surface area (Å²) in [7, 11) is 0. The van der Waals surface area contributed by atoms with Crippen molar-refractivity contribution in [1.82, 2.24) is 4.98 Å². The van der Waals surface area contributed by atoms with Crippen molar-refractivity contribution in [2.45, 2.75) is 31.7 Å². The number of ether oxygens (including phenoxy) is 1. The zero-order valence-corrected chi connectivity index (χ0v) is 10.4. The van der Waals surface area contributed by atoms with Crippen molar-refractivity contribution in [2.75, 3.05) is 13.2 Å². The lowest BCUT2D eigenvalue weighted by molar-refractivity contribution is 0.0794. The van der Waals surface area contributed by atoms with Crippen LogP contribution < -0.4 is 5.73 Å². The van der Waals surface area contributed by atoms with Crippen LogP contribution in [-0.2, 0) is 4.74 Å². The average molecular weight is 249 g/mol. The Morgan fingerprint density at radius 3 is 3.00 bits per heavy atom. The average Bonchev–Trinajstić information content (AvgIpc) is 2.68. The van der Waals surface area contributed by atoms with Gasteiger partial charge in [0.15, 0.2) is 0 Å². The first kappa shape index (κ1) is 12.9. The molecule has 1 aromatic rings. The topological polar surface area (TPSA) is 48.1 Å². The molecule has 0 saturated carbocycles. The summed E-state index contributed by atoms with van der Waals surface area (Å²) in [6, 6.07) is 0.0539. The van der Waals surface area contributed by atoms with E-state index >= 15 is 0 Å². The van der Waals surface area contributed by atoms with Gasteiger partial charge in [0.1, 0.15) is 5.01 Å². The summed E-state index contributed by atoms with van der Waals surface area (Å²) in [6.45, 7) is 3.70. The van der Waals surface area contributed by atoms with Crippen LogP contribution in [0.1, 0.15) is 42.4 Å². The van der Waals surface area contributed by atoms with Crippen molar-refractivity contribution < 1.29 is 4.74 Å². The monoisotopic (exact) mass is 248 g/mol. The first-order chi connectivity index (χ1) is 6.77. The van der Waals surface area contributed by atoms with E-state index in [9.17, 15) is 0 Å². The molecule has 3 nitrogen and oxygen atoms in total. The van der Waals surface area contributed by atoms with E-state index in [1.807, 2.05) is 6.92 Å². The minimum Gasteiger partial charge on any atom is -0.381 e. The third kappa shape index (κ3) is 3.14. The highest BCUT2D eigenvalue weighted by molar-refractivity contribution is 7.09. The molecular formula is C10H17ClN2OS. The maximum absolute atomic E-state index is 5.77. The summed E-state index contributed by atoms with van der Waals surface area (Å²) in [5.74, 6) is 0.493. The van der Waals surface area contributed by atoms with Crippen LogP contribution in [0.15, 0.2) is 5.38 Å². The molecule has 1 aliphatic rings. The van der Waals surface area contributed by atoms with Gasteiger partial charge in [-0.3, -0.25) is 0 Å². The fourth-order valence-electron chi connectivity index (χ4n) is 1.67. The van der Waals surface area contributed by atoms with Gasteiger partial charge < -0.3 is 10.5 Å². The van der Waals surface area contributed by atoms with Crippen LogP contribution >= 0.6 is 23.7 Å². The molecule has 0 radical (unpaired) electrons. The standard InChI is InChI=1S/C10H16N2OS.ClH/c1-7(11)10-12-9(6-14-10)8-3-2-4-13-5-8;/h6-8H,2-5,11H2,1H3;1H. The van der Waals surface area contributed by atoms with E-state index in [4.69, 9.17) is 10.5 Å². The third-order valence-electron chi connectivity index (χ3n) is 2.51. The van der Waals surface area contributed by atoms with E-state index in [1.165, 1.54) is 12.1 Å². The molecular weight excluding hydrogens is 232 g/mol. The molecule has 5 heteroatoms. The Balaban J connectivity index is 0.00000112. The van der Waals surface area contributed by atoms with E-state index < -0.39 is 0 Å². The molecule has 2 heterocycles. The Morgan fingerprint density at radius 1 is 1.67 bits per heavy atom. The van der Waals surface area contributed by atoms with Crippen LogP contribution in [-0.4, -0.2) is 18.2 Å². The Bertz CT molecular complexity index is 297. The smallest absolute Gasteiger partial charge is 0.109 e. The van der Waals surface area contributed by atoms with Crippen LogP contribution in [0.4, 0.5) is 0 Å². The molecule has 1 saturated heterocycles. The summed E-state index contributed by atoms with van der Waals surface area (Å²) < 4.78 is 5.44. The first-order valence-electron chi connectivity index (χ1n) is 5.06. The molecule has 15 heavy (non-hydrogen) atoms. The highest BCUT2D eigenvalue weighted by atomic mass is 35.5. The van der Waals surface area contributed by atoms with Crippen molar-refractivity contribution in [1.29, 1.82) is 0 Å². The highest BCUT2D eigenvalue weighted by Gasteiger charge is 2.19. The van der Waals surface area contributed by atoms with Gasteiger partial charge in [-0.25, -0.2) is 4.98 Å². The number of nitrogens with two attached hydrogens (primary N) is 1. The minimum atomic E-state index is 0. The first-order valence-corrected chi connectivity index (χ1v) is 5.94. The van der Waals surface area contributed by atoms with Gasteiger partial charge in [-0.1, -0.05) is 0 Å². The predicted molar refractivity (Wildman–Crippen MR) is 64.8 cm³/mol. The Kier molecular flexibility index (Phi) is 4.99. The largest absolute Gasteiger partial charge is 0.381 e. The SMILES string of the molecule is CC(N)c1nc(C2CCCOC2)cs1.Cl. The van der Waals surface area contributed by atoms with Crippen molar-refractivity contribution >= 4 is 23.7 Å². The van der Waals surface area contributed by atoms with Crippen molar-refractivity contribution in [2.24, 2.45) is 5.73 Å². The van der Waals surface area contributed by atoms with E-state index in [0.29, 0.717) is 5.92 Å².